The quantitative estimate of drug-likeness (QED) is 0.377. The zero-order chi connectivity index (χ0) is 22.6. The lowest BCUT2D eigenvalue weighted by Crippen LogP contribution is -2.17. The summed E-state index contributed by atoms with van der Waals surface area (Å²) in [5.74, 6) is -0.230. The lowest BCUT2D eigenvalue weighted by atomic mass is 10.0. The summed E-state index contributed by atoms with van der Waals surface area (Å²) in [5, 5.41) is 8.93. The Morgan fingerprint density at radius 1 is 0.906 bits per heavy atom. The highest BCUT2D eigenvalue weighted by Gasteiger charge is 2.32. The van der Waals surface area contributed by atoms with E-state index in [2.05, 4.69) is 15.8 Å². The van der Waals surface area contributed by atoms with Gasteiger partial charge < -0.3 is 9.30 Å². The Bertz CT molecular complexity index is 1240. The molecule has 0 unspecified atom stereocenters. The fourth-order valence-electron chi connectivity index (χ4n) is 3.45. The molecule has 0 aliphatic carbocycles. The van der Waals surface area contributed by atoms with Crippen molar-refractivity contribution in [3.63, 3.8) is 0 Å². The fraction of sp³-hybridized carbons (Fsp3) is 0.120. The van der Waals surface area contributed by atoms with Gasteiger partial charge in [0, 0.05) is 30.4 Å². The third-order valence-corrected chi connectivity index (χ3v) is 5.00. The van der Waals surface area contributed by atoms with Crippen molar-refractivity contribution in [1.82, 2.24) is 9.55 Å². The predicted octanol–water partition coefficient (Wildman–Crippen LogP) is 5.96. The summed E-state index contributed by atoms with van der Waals surface area (Å²) in [6, 6.07) is 22.9. The molecule has 4 rings (SSSR count). The molecule has 3 aromatic carbocycles. The molecule has 0 fully saturated rings. The number of benzene rings is 3. The van der Waals surface area contributed by atoms with E-state index in [-0.39, 0.29) is 5.75 Å². The van der Waals surface area contributed by atoms with E-state index >= 15 is 0 Å². The Morgan fingerprint density at radius 3 is 2.28 bits per heavy atom. The minimum Gasteiger partial charge on any atom is -0.405 e. The zero-order valence-corrected chi connectivity index (χ0v) is 16.9. The molecule has 0 saturated heterocycles. The number of hydrogen-bond acceptors (Lipinski definition) is 3. The van der Waals surface area contributed by atoms with Crippen LogP contribution >= 0.6 is 0 Å². The van der Waals surface area contributed by atoms with E-state index in [1.54, 1.807) is 48.9 Å². The number of halogens is 3. The average Bonchev–Trinajstić information content (AvgIpc) is 3.21. The summed E-state index contributed by atoms with van der Waals surface area (Å²) in [6.07, 6.45) is -0.522. The van der Waals surface area contributed by atoms with Gasteiger partial charge in [-0.15, -0.1) is 13.2 Å². The SMILES string of the molecule is N#Cc1ccc(Cc2cncn2Cc2ccc(-c3ccccc3OC(F)(F)F)cc2)cc1. The van der Waals surface area contributed by atoms with E-state index in [0.29, 0.717) is 29.7 Å². The van der Waals surface area contributed by atoms with Crippen LogP contribution in [-0.2, 0) is 13.0 Å². The van der Waals surface area contributed by atoms with Crippen LogP contribution in [0.2, 0.25) is 0 Å². The topological polar surface area (TPSA) is 50.8 Å². The monoisotopic (exact) mass is 433 g/mol. The van der Waals surface area contributed by atoms with Crippen LogP contribution in [0.4, 0.5) is 13.2 Å². The number of para-hydroxylation sites is 1. The Labute approximate surface area is 183 Å². The lowest BCUT2D eigenvalue weighted by molar-refractivity contribution is -0.274. The first-order valence-electron chi connectivity index (χ1n) is 9.83. The van der Waals surface area contributed by atoms with Gasteiger partial charge in [-0.25, -0.2) is 4.98 Å². The molecule has 32 heavy (non-hydrogen) atoms. The minimum atomic E-state index is -4.75. The van der Waals surface area contributed by atoms with E-state index in [1.807, 2.05) is 28.8 Å². The van der Waals surface area contributed by atoms with Crippen LogP contribution in [0.3, 0.4) is 0 Å². The Balaban J connectivity index is 1.50. The number of hydrogen-bond donors (Lipinski definition) is 0. The Hall–Kier alpha value is -4.05. The van der Waals surface area contributed by atoms with E-state index in [1.165, 1.54) is 12.1 Å². The molecule has 0 aliphatic heterocycles. The number of imidazole rings is 1. The molecule has 4 nitrogen and oxygen atoms in total. The van der Waals surface area contributed by atoms with Crippen molar-refractivity contribution in [3.05, 3.63) is 108 Å². The molecule has 0 radical (unpaired) electrons. The third-order valence-electron chi connectivity index (χ3n) is 5.00. The van der Waals surface area contributed by atoms with Gasteiger partial charge in [-0.2, -0.15) is 5.26 Å². The van der Waals surface area contributed by atoms with Gasteiger partial charge in [0.05, 0.1) is 18.0 Å². The smallest absolute Gasteiger partial charge is 0.405 e. The highest BCUT2D eigenvalue weighted by Crippen LogP contribution is 2.33. The van der Waals surface area contributed by atoms with E-state index in [4.69, 9.17) is 5.26 Å². The molecule has 0 spiro atoms. The highest BCUT2D eigenvalue weighted by molar-refractivity contribution is 5.70. The molecule has 0 atom stereocenters. The molecular formula is C25H18F3N3O. The third kappa shape index (κ3) is 5.16. The number of ether oxygens (including phenoxy) is 1. The fourth-order valence-corrected chi connectivity index (χ4v) is 3.45. The summed E-state index contributed by atoms with van der Waals surface area (Å²) in [4.78, 5) is 4.25. The van der Waals surface area contributed by atoms with Crippen LogP contribution in [0.5, 0.6) is 5.75 Å². The first kappa shape index (κ1) is 21.2. The maximum atomic E-state index is 12.7. The van der Waals surface area contributed by atoms with Crippen LogP contribution in [0, 0.1) is 11.3 Å². The molecule has 4 aromatic rings. The second-order valence-electron chi connectivity index (χ2n) is 7.24. The number of alkyl halides is 3. The van der Waals surface area contributed by atoms with Gasteiger partial charge >= 0.3 is 6.36 Å². The number of rotatable bonds is 6. The van der Waals surface area contributed by atoms with Crippen LogP contribution < -0.4 is 4.74 Å². The maximum absolute atomic E-state index is 12.7. The van der Waals surface area contributed by atoms with Crippen LogP contribution in [0.25, 0.3) is 11.1 Å². The normalized spacial score (nSPS) is 11.2. The molecule has 0 saturated carbocycles. The van der Waals surface area contributed by atoms with Gasteiger partial charge in [0.1, 0.15) is 5.75 Å². The summed E-state index contributed by atoms with van der Waals surface area (Å²) >= 11 is 0. The van der Waals surface area contributed by atoms with Gasteiger partial charge in [-0.05, 0) is 34.9 Å². The second kappa shape index (κ2) is 8.98. The number of aromatic nitrogens is 2. The van der Waals surface area contributed by atoms with Crippen LogP contribution in [0.15, 0.2) is 85.3 Å². The van der Waals surface area contributed by atoms with Crippen molar-refractivity contribution in [1.29, 1.82) is 5.26 Å². The van der Waals surface area contributed by atoms with Crippen molar-refractivity contribution >= 4 is 0 Å². The molecular weight excluding hydrogens is 415 g/mol. The van der Waals surface area contributed by atoms with E-state index in [0.717, 1.165) is 16.8 Å². The Kier molecular flexibility index (Phi) is 5.95. The molecule has 0 amide bonds. The van der Waals surface area contributed by atoms with Crippen molar-refractivity contribution in [2.45, 2.75) is 19.3 Å². The molecule has 7 heteroatoms. The Morgan fingerprint density at radius 2 is 1.59 bits per heavy atom. The van der Waals surface area contributed by atoms with Gasteiger partial charge in [0.15, 0.2) is 0 Å². The minimum absolute atomic E-state index is 0.230. The number of nitriles is 1. The summed E-state index contributed by atoms with van der Waals surface area (Å²) < 4.78 is 44.3. The number of nitrogens with zero attached hydrogens (tertiary/aromatic N) is 3. The first-order valence-corrected chi connectivity index (χ1v) is 9.83. The van der Waals surface area contributed by atoms with Gasteiger partial charge in [-0.1, -0.05) is 54.6 Å². The molecule has 0 bridgehead atoms. The largest absolute Gasteiger partial charge is 0.573 e. The standard InChI is InChI=1S/C25H18F3N3O/c26-25(27,28)32-24-4-2-1-3-23(24)21-11-9-20(10-12-21)16-31-17-30-15-22(31)13-18-5-7-19(14-29)8-6-18/h1-12,15,17H,13,16H2. The predicted molar refractivity (Wildman–Crippen MR) is 114 cm³/mol. The van der Waals surface area contributed by atoms with Gasteiger partial charge in [0.2, 0.25) is 0 Å². The zero-order valence-electron chi connectivity index (χ0n) is 16.9. The molecule has 0 aliphatic rings. The van der Waals surface area contributed by atoms with E-state index < -0.39 is 6.36 Å². The average molecular weight is 433 g/mol. The first-order chi connectivity index (χ1) is 15.4. The lowest BCUT2D eigenvalue weighted by Gasteiger charge is -2.14. The van der Waals surface area contributed by atoms with E-state index in [9.17, 15) is 13.2 Å². The molecule has 160 valence electrons. The van der Waals surface area contributed by atoms with Crippen molar-refractivity contribution in [2.75, 3.05) is 0 Å². The van der Waals surface area contributed by atoms with Gasteiger partial charge in [-0.3, -0.25) is 0 Å². The molecule has 1 aromatic heterocycles. The molecule has 0 N–H and O–H groups in total. The second-order valence-corrected chi connectivity index (χ2v) is 7.24. The van der Waals surface area contributed by atoms with Crippen LogP contribution in [-0.4, -0.2) is 15.9 Å². The van der Waals surface area contributed by atoms with Gasteiger partial charge in [0.25, 0.3) is 0 Å². The summed E-state index contributed by atoms with van der Waals surface area (Å²) in [5.41, 5.74) is 4.70. The maximum Gasteiger partial charge on any atom is 0.573 e. The summed E-state index contributed by atoms with van der Waals surface area (Å²) in [7, 11) is 0. The van der Waals surface area contributed by atoms with Crippen molar-refractivity contribution in [2.24, 2.45) is 0 Å². The van der Waals surface area contributed by atoms with Crippen molar-refractivity contribution < 1.29 is 17.9 Å². The molecule has 1 heterocycles. The highest BCUT2D eigenvalue weighted by atomic mass is 19.4. The summed E-state index contributed by atoms with van der Waals surface area (Å²) in [6.45, 7) is 0.576. The van der Waals surface area contributed by atoms with Crippen LogP contribution in [0.1, 0.15) is 22.4 Å². The van der Waals surface area contributed by atoms with Crippen molar-refractivity contribution in [3.8, 4) is 22.9 Å².